The normalized spacial score (nSPS) is 29.1. The van der Waals surface area contributed by atoms with Crippen LogP contribution in [0.25, 0.3) is 0 Å². The minimum Gasteiger partial charge on any atom is -0.356 e. The fourth-order valence-corrected chi connectivity index (χ4v) is 4.65. The predicted molar refractivity (Wildman–Crippen MR) is 66.3 cm³/mol. The molecule has 4 nitrogen and oxygen atoms in total. The molecule has 2 rings (SSSR count). The Kier molecular flexibility index (Phi) is 4.07. The first-order valence-corrected chi connectivity index (χ1v) is 8.37. The lowest BCUT2D eigenvalue weighted by atomic mass is 9.88. The number of rotatable bonds is 3. The van der Waals surface area contributed by atoms with Crippen LogP contribution in [0.3, 0.4) is 0 Å². The molecule has 0 spiro atoms. The summed E-state index contributed by atoms with van der Waals surface area (Å²) < 4.78 is 22.5. The van der Waals surface area contributed by atoms with E-state index in [4.69, 9.17) is 0 Å². The lowest BCUT2D eigenvalue weighted by Gasteiger charge is -2.21. The van der Waals surface area contributed by atoms with Crippen molar-refractivity contribution in [1.82, 2.24) is 5.32 Å². The van der Waals surface area contributed by atoms with E-state index in [9.17, 15) is 13.2 Å². The van der Waals surface area contributed by atoms with Gasteiger partial charge in [0.1, 0.15) is 0 Å². The largest absolute Gasteiger partial charge is 0.356 e. The zero-order chi connectivity index (χ0) is 12.3. The second kappa shape index (κ2) is 5.38. The van der Waals surface area contributed by atoms with Crippen molar-refractivity contribution in [1.29, 1.82) is 0 Å². The molecular weight excluding hydrogens is 238 g/mol. The van der Waals surface area contributed by atoms with Gasteiger partial charge in [-0.1, -0.05) is 19.3 Å². The average molecular weight is 259 g/mol. The molecule has 2 aliphatic rings. The molecule has 1 aliphatic carbocycles. The van der Waals surface area contributed by atoms with Gasteiger partial charge in [0, 0.05) is 12.5 Å². The van der Waals surface area contributed by atoms with Gasteiger partial charge in [-0.2, -0.15) is 0 Å². The third-order valence-corrected chi connectivity index (χ3v) is 5.70. The van der Waals surface area contributed by atoms with Crippen LogP contribution < -0.4 is 5.32 Å². The molecule has 1 aliphatic heterocycles. The molecule has 1 saturated heterocycles. The van der Waals surface area contributed by atoms with Crippen LogP contribution in [0.5, 0.6) is 0 Å². The summed E-state index contributed by atoms with van der Waals surface area (Å²) in [4.78, 5) is 11.9. The van der Waals surface area contributed by atoms with Crippen LogP contribution in [-0.4, -0.2) is 32.4 Å². The third-order valence-electron chi connectivity index (χ3n) is 3.87. The summed E-state index contributed by atoms with van der Waals surface area (Å²) in [5.74, 6) is 0.970. The topological polar surface area (TPSA) is 63.2 Å². The Morgan fingerprint density at radius 3 is 2.41 bits per heavy atom. The van der Waals surface area contributed by atoms with Gasteiger partial charge in [-0.15, -0.1) is 0 Å². The molecule has 1 unspecified atom stereocenters. The summed E-state index contributed by atoms with van der Waals surface area (Å²) in [6, 6.07) is 0. The Balaban J connectivity index is 1.73. The van der Waals surface area contributed by atoms with Crippen molar-refractivity contribution in [3.63, 3.8) is 0 Å². The van der Waals surface area contributed by atoms with Gasteiger partial charge in [0.25, 0.3) is 0 Å². The van der Waals surface area contributed by atoms with E-state index in [-0.39, 0.29) is 29.2 Å². The highest BCUT2D eigenvalue weighted by molar-refractivity contribution is 7.91. The van der Waals surface area contributed by atoms with E-state index >= 15 is 0 Å². The highest BCUT2D eigenvalue weighted by atomic mass is 32.2. The lowest BCUT2D eigenvalue weighted by Crippen LogP contribution is -2.35. The molecule has 0 bridgehead atoms. The van der Waals surface area contributed by atoms with Gasteiger partial charge >= 0.3 is 0 Å². The van der Waals surface area contributed by atoms with Crippen LogP contribution in [0.4, 0.5) is 0 Å². The van der Waals surface area contributed by atoms with Gasteiger partial charge < -0.3 is 5.32 Å². The monoisotopic (exact) mass is 259 g/mol. The second-order valence-corrected chi connectivity index (χ2v) is 7.58. The quantitative estimate of drug-likeness (QED) is 0.826. The summed E-state index contributed by atoms with van der Waals surface area (Å²) in [6.45, 7) is 0.536. The summed E-state index contributed by atoms with van der Waals surface area (Å²) in [7, 11) is -2.82. The summed E-state index contributed by atoms with van der Waals surface area (Å²) >= 11 is 0. The minimum absolute atomic E-state index is 0.132. The molecule has 1 atom stereocenters. The zero-order valence-electron chi connectivity index (χ0n) is 10.2. The van der Waals surface area contributed by atoms with Crippen molar-refractivity contribution >= 4 is 15.7 Å². The minimum atomic E-state index is -2.82. The lowest BCUT2D eigenvalue weighted by molar-refractivity contribution is -0.126. The number of carbonyl (C=O) groups is 1. The van der Waals surface area contributed by atoms with Crippen molar-refractivity contribution in [3.05, 3.63) is 0 Å². The van der Waals surface area contributed by atoms with E-state index in [1.54, 1.807) is 0 Å². The van der Waals surface area contributed by atoms with Gasteiger partial charge in [-0.05, 0) is 25.2 Å². The number of hydrogen-bond donors (Lipinski definition) is 1. The van der Waals surface area contributed by atoms with Gasteiger partial charge in [0.2, 0.25) is 5.91 Å². The fourth-order valence-electron chi connectivity index (χ4n) is 2.79. The maximum Gasteiger partial charge on any atom is 0.223 e. The van der Waals surface area contributed by atoms with E-state index in [2.05, 4.69) is 5.32 Å². The predicted octanol–water partition coefficient (Wildman–Crippen LogP) is 1.12. The SMILES string of the molecule is O=C(NCC1CCS(=O)(=O)C1)C1CCCCC1. The fraction of sp³-hybridized carbons (Fsp3) is 0.917. The highest BCUT2D eigenvalue weighted by Crippen LogP contribution is 2.24. The number of sulfone groups is 1. The van der Waals surface area contributed by atoms with Gasteiger partial charge in [-0.25, -0.2) is 8.42 Å². The van der Waals surface area contributed by atoms with Crippen LogP contribution in [-0.2, 0) is 14.6 Å². The number of amides is 1. The van der Waals surface area contributed by atoms with Crippen LogP contribution in [0.2, 0.25) is 0 Å². The molecule has 0 radical (unpaired) electrons. The van der Waals surface area contributed by atoms with Gasteiger partial charge in [0.05, 0.1) is 11.5 Å². The number of hydrogen-bond acceptors (Lipinski definition) is 3. The first-order valence-electron chi connectivity index (χ1n) is 6.55. The Hall–Kier alpha value is -0.580. The molecule has 0 aromatic carbocycles. The van der Waals surface area contributed by atoms with Crippen molar-refractivity contribution in [2.45, 2.75) is 38.5 Å². The molecule has 17 heavy (non-hydrogen) atoms. The first-order chi connectivity index (χ1) is 8.07. The molecule has 1 saturated carbocycles. The maximum atomic E-state index is 11.9. The number of carbonyl (C=O) groups excluding carboxylic acids is 1. The molecule has 0 aromatic heterocycles. The van der Waals surface area contributed by atoms with E-state index in [1.165, 1.54) is 6.42 Å². The van der Waals surface area contributed by atoms with Crippen LogP contribution in [0.15, 0.2) is 0 Å². The Labute approximate surface area is 103 Å². The molecule has 1 amide bonds. The highest BCUT2D eigenvalue weighted by Gasteiger charge is 2.29. The molecular formula is C12H21NO3S. The van der Waals surface area contributed by atoms with Crippen molar-refractivity contribution in [2.75, 3.05) is 18.1 Å². The van der Waals surface area contributed by atoms with E-state index < -0.39 is 9.84 Å². The molecule has 1 heterocycles. The molecule has 1 N–H and O–H groups in total. The Bertz CT molecular complexity index is 371. The Morgan fingerprint density at radius 1 is 1.12 bits per heavy atom. The second-order valence-electron chi connectivity index (χ2n) is 5.35. The standard InChI is InChI=1S/C12H21NO3S/c14-12(11-4-2-1-3-5-11)13-8-10-6-7-17(15,16)9-10/h10-11H,1-9H2,(H,13,14). The summed E-state index contributed by atoms with van der Waals surface area (Å²) in [5, 5.41) is 2.93. The van der Waals surface area contributed by atoms with Gasteiger partial charge in [0.15, 0.2) is 9.84 Å². The summed E-state index contributed by atoms with van der Waals surface area (Å²) in [5.41, 5.74) is 0. The van der Waals surface area contributed by atoms with Crippen molar-refractivity contribution in [3.8, 4) is 0 Å². The Morgan fingerprint density at radius 2 is 1.82 bits per heavy atom. The van der Waals surface area contributed by atoms with E-state index in [0.717, 1.165) is 25.7 Å². The number of nitrogens with one attached hydrogen (secondary N) is 1. The van der Waals surface area contributed by atoms with Gasteiger partial charge in [-0.3, -0.25) is 4.79 Å². The molecule has 5 heteroatoms. The van der Waals surface area contributed by atoms with E-state index in [0.29, 0.717) is 13.0 Å². The summed E-state index contributed by atoms with van der Waals surface area (Å²) in [6.07, 6.45) is 6.23. The van der Waals surface area contributed by atoms with Crippen LogP contribution >= 0.6 is 0 Å². The van der Waals surface area contributed by atoms with Crippen LogP contribution in [0, 0.1) is 11.8 Å². The van der Waals surface area contributed by atoms with Crippen molar-refractivity contribution < 1.29 is 13.2 Å². The average Bonchev–Trinajstić information content (AvgIpc) is 2.67. The van der Waals surface area contributed by atoms with E-state index in [1.807, 2.05) is 0 Å². The maximum absolute atomic E-state index is 11.9. The zero-order valence-corrected chi connectivity index (χ0v) is 11.0. The smallest absolute Gasteiger partial charge is 0.223 e. The van der Waals surface area contributed by atoms with Crippen LogP contribution in [0.1, 0.15) is 38.5 Å². The first kappa shape index (κ1) is 12.9. The third kappa shape index (κ3) is 3.69. The van der Waals surface area contributed by atoms with Crippen molar-refractivity contribution in [2.24, 2.45) is 11.8 Å². The molecule has 2 fully saturated rings. The molecule has 0 aromatic rings. The molecule has 98 valence electrons.